The molecule has 0 bridgehead atoms. The highest BCUT2D eigenvalue weighted by Crippen LogP contribution is 2.42. The summed E-state index contributed by atoms with van der Waals surface area (Å²) in [6, 6.07) is 17.4. The number of benzene rings is 2. The summed E-state index contributed by atoms with van der Waals surface area (Å²) >= 11 is 0. The van der Waals surface area contributed by atoms with Crippen LogP contribution in [0.4, 0.5) is 11.4 Å². The third-order valence-electron chi connectivity index (χ3n) is 7.59. The maximum absolute atomic E-state index is 13.5. The molecule has 0 radical (unpaired) electrons. The first-order valence-electron chi connectivity index (χ1n) is 14.0. The molecular weight excluding hydrogens is 504 g/mol. The van der Waals surface area contributed by atoms with E-state index in [2.05, 4.69) is 28.8 Å². The van der Waals surface area contributed by atoms with Crippen LogP contribution in [0.15, 0.2) is 78.6 Å². The molecule has 2 aliphatic heterocycles. The van der Waals surface area contributed by atoms with Crippen molar-refractivity contribution in [2.24, 2.45) is 0 Å². The van der Waals surface area contributed by atoms with Gasteiger partial charge >= 0.3 is 0 Å². The van der Waals surface area contributed by atoms with Crippen molar-refractivity contribution in [3.05, 3.63) is 89.8 Å². The van der Waals surface area contributed by atoms with Gasteiger partial charge in [0, 0.05) is 55.5 Å². The van der Waals surface area contributed by atoms with Crippen molar-refractivity contribution in [3.8, 4) is 5.75 Å². The van der Waals surface area contributed by atoms with Crippen LogP contribution in [0.1, 0.15) is 43.4 Å². The van der Waals surface area contributed by atoms with Crippen molar-refractivity contribution in [3.63, 3.8) is 0 Å². The zero-order valence-electron chi connectivity index (χ0n) is 23.1. The van der Waals surface area contributed by atoms with Crippen molar-refractivity contribution in [1.82, 2.24) is 9.88 Å². The number of aromatic nitrogens is 1. The number of hydrogen-bond acceptors (Lipinski definition) is 7. The summed E-state index contributed by atoms with van der Waals surface area (Å²) in [7, 11) is 2.12. The Morgan fingerprint density at radius 3 is 2.30 bits per heavy atom. The summed E-state index contributed by atoms with van der Waals surface area (Å²) in [6.45, 7) is 6.60. The molecule has 8 nitrogen and oxygen atoms in total. The lowest BCUT2D eigenvalue weighted by atomic mass is 9.96. The average Bonchev–Trinajstić information content (AvgIpc) is 3.26. The molecule has 2 aliphatic rings. The number of ketones is 1. The average molecular weight is 541 g/mol. The minimum Gasteiger partial charge on any atom is -0.507 e. The molecule has 5 rings (SSSR count). The number of carbonyl (C=O) groups excluding carboxylic acids is 2. The normalized spacial score (nSPS) is 19.3. The first-order valence-corrected chi connectivity index (χ1v) is 14.0. The molecule has 0 spiro atoms. The Bertz CT molecular complexity index is 1350. The maximum Gasteiger partial charge on any atom is 0.300 e. The number of rotatable bonds is 9. The molecule has 1 aromatic heterocycles. The molecular formula is C32H36N4O4. The molecule has 3 heterocycles. The SMILES string of the molecule is CCCCCOc1ccc(/C(O)=C2\C(=O)C(=O)N(c3ccc(N4CCN(C)CC4)cc3)C2c2cccnc2)cc1. The van der Waals surface area contributed by atoms with Crippen LogP contribution in [0.2, 0.25) is 0 Å². The van der Waals surface area contributed by atoms with Crippen LogP contribution in [0.3, 0.4) is 0 Å². The van der Waals surface area contributed by atoms with Gasteiger partial charge in [0.1, 0.15) is 11.5 Å². The first kappa shape index (κ1) is 27.4. The summed E-state index contributed by atoms with van der Waals surface area (Å²) in [5, 5.41) is 11.4. The number of piperazine rings is 1. The number of Topliss-reactive ketones (excluding diaryl/α,β-unsaturated/α-hetero) is 1. The van der Waals surface area contributed by atoms with Gasteiger partial charge in [-0.05, 0) is 73.6 Å². The Labute approximate surface area is 235 Å². The molecule has 8 heteroatoms. The van der Waals surface area contributed by atoms with Crippen LogP contribution >= 0.6 is 0 Å². The van der Waals surface area contributed by atoms with E-state index in [1.807, 2.05) is 30.3 Å². The van der Waals surface area contributed by atoms with E-state index in [1.54, 1.807) is 42.7 Å². The van der Waals surface area contributed by atoms with E-state index in [0.717, 1.165) is 51.1 Å². The maximum atomic E-state index is 13.5. The minimum absolute atomic E-state index is 0.0396. The summed E-state index contributed by atoms with van der Waals surface area (Å²) < 4.78 is 5.79. The Balaban J connectivity index is 1.46. The van der Waals surface area contributed by atoms with E-state index in [1.165, 1.54) is 4.90 Å². The van der Waals surface area contributed by atoms with E-state index in [9.17, 15) is 14.7 Å². The van der Waals surface area contributed by atoms with Crippen LogP contribution in [0, 0.1) is 0 Å². The number of anilines is 2. The third-order valence-corrected chi connectivity index (χ3v) is 7.59. The molecule has 3 aromatic rings. The largest absolute Gasteiger partial charge is 0.507 e. The number of amides is 1. The van der Waals surface area contributed by atoms with E-state index >= 15 is 0 Å². The van der Waals surface area contributed by atoms with Gasteiger partial charge < -0.3 is 19.6 Å². The minimum atomic E-state index is -0.812. The fourth-order valence-electron chi connectivity index (χ4n) is 5.25. The molecule has 208 valence electrons. The van der Waals surface area contributed by atoms with E-state index in [-0.39, 0.29) is 11.3 Å². The van der Waals surface area contributed by atoms with Gasteiger partial charge in [-0.3, -0.25) is 19.5 Å². The smallest absolute Gasteiger partial charge is 0.300 e. The monoisotopic (exact) mass is 540 g/mol. The third kappa shape index (κ3) is 5.72. The summed E-state index contributed by atoms with van der Waals surface area (Å²) in [5.74, 6) is -0.938. The number of nitrogens with zero attached hydrogens (tertiary/aromatic N) is 4. The topological polar surface area (TPSA) is 86.2 Å². The Morgan fingerprint density at radius 2 is 1.65 bits per heavy atom. The van der Waals surface area contributed by atoms with E-state index in [4.69, 9.17) is 4.74 Å². The fourth-order valence-corrected chi connectivity index (χ4v) is 5.25. The number of aliphatic hydroxyl groups is 1. The molecule has 0 aliphatic carbocycles. The highest BCUT2D eigenvalue weighted by Gasteiger charge is 2.47. The number of carbonyl (C=O) groups is 2. The predicted octanol–water partition coefficient (Wildman–Crippen LogP) is 5.03. The lowest BCUT2D eigenvalue weighted by molar-refractivity contribution is -0.132. The quantitative estimate of drug-likeness (QED) is 0.176. The zero-order valence-corrected chi connectivity index (χ0v) is 23.1. The van der Waals surface area contributed by atoms with Crippen molar-refractivity contribution in [1.29, 1.82) is 0 Å². The van der Waals surface area contributed by atoms with Crippen LogP contribution in [-0.4, -0.2) is 66.5 Å². The second-order valence-corrected chi connectivity index (χ2v) is 10.3. The van der Waals surface area contributed by atoms with Crippen molar-refractivity contribution < 1.29 is 19.4 Å². The fraction of sp³-hybridized carbons (Fsp3) is 0.344. The molecule has 2 fully saturated rings. The molecule has 40 heavy (non-hydrogen) atoms. The number of aliphatic hydroxyl groups excluding tert-OH is 1. The Morgan fingerprint density at radius 1 is 0.950 bits per heavy atom. The highest BCUT2D eigenvalue weighted by atomic mass is 16.5. The second-order valence-electron chi connectivity index (χ2n) is 10.3. The highest BCUT2D eigenvalue weighted by molar-refractivity contribution is 6.51. The van der Waals surface area contributed by atoms with E-state index in [0.29, 0.717) is 29.2 Å². The molecule has 0 saturated carbocycles. The molecule has 2 aromatic carbocycles. The lowest BCUT2D eigenvalue weighted by Gasteiger charge is -2.34. The standard InChI is InChI=1S/C32H36N4O4/c1-3-4-5-21-40-27-14-8-23(9-15-27)30(37)28-29(24-7-6-16-33-22-24)36(32(39)31(28)38)26-12-10-25(11-13-26)35-19-17-34(2)18-20-35/h6-16,22,29,37H,3-5,17-21H2,1-2H3/b30-28+. The number of pyridine rings is 1. The van der Waals surface area contributed by atoms with Gasteiger partial charge in [0.25, 0.3) is 11.7 Å². The van der Waals surface area contributed by atoms with Gasteiger partial charge in [-0.1, -0.05) is 25.8 Å². The molecule has 2 saturated heterocycles. The summed E-state index contributed by atoms with van der Waals surface area (Å²) in [4.78, 5) is 37.2. The van der Waals surface area contributed by atoms with Crippen LogP contribution in [0.25, 0.3) is 5.76 Å². The van der Waals surface area contributed by atoms with Gasteiger partial charge in [-0.25, -0.2) is 0 Å². The Hall–Kier alpha value is -4.17. The van der Waals surface area contributed by atoms with Gasteiger partial charge in [0.2, 0.25) is 0 Å². The van der Waals surface area contributed by atoms with E-state index < -0.39 is 17.7 Å². The van der Waals surface area contributed by atoms with Gasteiger partial charge in [-0.2, -0.15) is 0 Å². The lowest BCUT2D eigenvalue weighted by Crippen LogP contribution is -2.44. The van der Waals surface area contributed by atoms with Gasteiger partial charge in [-0.15, -0.1) is 0 Å². The number of ether oxygens (including phenoxy) is 1. The van der Waals surface area contributed by atoms with Gasteiger partial charge in [0.15, 0.2) is 0 Å². The summed E-state index contributed by atoms with van der Waals surface area (Å²) in [5.41, 5.74) is 2.78. The number of hydrogen-bond donors (Lipinski definition) is 1. The molecule has 1 N–H and O–H groups in total. The second kappa shape index (κ2) is 12.3. The van der Waals surface area contributed by atoms with Crippen molar-refractivity contribution >= 4 is 28.8 Å². The summed E-state index contributed by atoms with van der Waals surface area (Å²) in [6.07, 6.45) is 6.46. The van der Waals surface area contributed by atoms with Crippen molar-refractivity contribution in [2.75, 3.05) is 49.6 Å². The van der Waals surface area contributed by atoms with Crippen LogP contribution in [0.5, 0.6) is 5.75 Å². The molecule has 1 amide bonds. The zero-order chi connectivity index (χ0) is 28.1. The Kier molecular flexibility index (Phi) is 8.45. The molecule has 1 atom stereocenters. The van der Waals surface area contributed by atoms with Crippen molar-refractivity contribution in [2.45, 2.75) is 32.2 Å². The number of unbranched alkanes of at least 4 members (excludes halogenated alkanes) is 2. The predicted molar refractivity (Wildman–Crippen MR) is 157 cm³/mol. The van der Waals surface area contributed by atoms with Crippen LogP contribution in [-0.2, 0) is 9.59 Å². The number of likely N-dealkylation sites (N-methyl/N-ethyl adjacent to an activating group) is 1. The first-order chi connectivity index (χ1) is 19.5. The molecule has 1 unspecified atom stereocenters. The van der Waals surface area contributed by atoms with Crippen LogP contribution < -0.4 is 14.5 Å². The van der Waals surface area contributed by atoms with Gasteiger partial charge in [0.05, 0.1) is 18.2 Å².